The fourth-order valence-corrected chi connectivity index (χ4v) is 2.86. The predicted molar refractivity (Wildman–Crippen MR) is 93.9 cm³/mol. The maximum Gasteiger partial charge on any atom is 0.226 e. The Bertz CT molecular complexity index is 660. The van der Waals surface area contributed by atoms with E-state index in [1.54, 1.807) is 11.1 Å². The lowest BCUT2D eigenvalue weighted by Gasteiger charge is -2.18. The number of hydrogen-bond acceptors (Lipinski definition) is 4. The Balaban J connectivity index is 1.49. The van der Waals surface area contributed by atoms with Gasteiger partial charge in [-0.15, -0.1) is 0 Å². The third kappa shape index (κ3) is 3.50. The van der Waals surface area contributed by atoms with Gasteiger partial charge in [0.25, 0.3) is 0 Å². The molecule has 1 amide bonds. The molecular formula is C18H22N4O. The highest BCUT2D eigenvalue weighted by Crippen LogP contribution is 2.22. The first-order chi connectivity index (χ1) is 11.1. The van der Waals surface area contributed by atoms with Gasteiger partial charge in [0.05, 0.1) is 5.92 Å². The molecule has 3 rings (SSSR count). The highest BCUT2D eigenvalue weighted by molar-refractivity contribution is 5.94. The third-order valence-electron chi connectivity index (χ3n) is 4.34. The fourth-order valence-electron chi connectivity index (χ4n) is 2.86. The van der Waals surface area contributed by atoms with E-state index in [0.29, 0.717) is 6.42 Å². The average Bonchev–Trinajstić information content (AvgIpc) is 2.98. The Labute approximate surface area is 136 Å². The summed E-state index contributed by atoms with van der Waals surface area (Å²) in [5.41, 5.74) is 6.26. The largest absolute Gasteiger partial charge is 0.316 e. The van der Waals surface area contributed by atoms with Crippen LogP contribution in [-0.4, -0.2) is 31.0 Å². The standard InChI is InChI=1S/C18H22N4O/c1-13-8-10-14(11-9-13)22(2)17(23)7-3-6-16-15-5-4-12-19-18(15)21-20-16/h4-5,8-12,15,18,21H,3,6-7H2,1-2H3. The Morgan fingerprint density at radius 1 is 1.30 bits per heavy atom. The normalized spacial score (nSPS) is 21.6. The Hall–Kier alpha value is -2.43. The van der Waals surface area contributed by atoms with E-state index in [1.165, 1.54) is 5.56 Å². The zero-order valence-electron chi connectivity index (χ0n) is 13.6. The first-order valence-electron chi connectivity index (χ1n) is 8.00. The summed E-state index contributed by atoms with van der Waals surface area (Å²) < 4.78 is 0. The van der Waals surface area contributed by atoms with E-state index in [2.05, 4.69) is 21.6 Å². The lowest BCUT2D eigenvalue weighted by Crippen LogP contribution is -2.28. The number of dihydropyridines is 1. The van der Waals surface area contributed by atoms with Crippen molar-refractivity contribution in [1.82, 2.24) is 5.43 Å². The van der Waals surface area contributed by atoms with Crippen LogP contribution in [0, 0.1) is 12.8 Å². The number of allylic oxidation sites excluding steroid dienone is 1. The molecule has 0 aromatic heterocycles. The summed E-state index contributed by atoms with van der Waals surface area (Å²) in [5.74, 6) is 0.374. The van der Waals surface area contributed by atoms with E-state index < -0.39 is 0 Å². The molecule has 0 saturated carbocycles. The smallest absolute Gasteiger partial charge is 0.226 e. The molecule has 1 aromatic carbocycles. The number of carbonyl (C=O) groups is 1. The van der Waals surface area contributed by atoms with E-state index in [9.17, 15) is 4.79 Å². The van der Waals surface area contributed by atoms with E-state index in [0.717, 1.165) is 24.2 Å². The van der Waals surface area contributed by atoms with Crippen LogP contribution < -0.4 is 10.3 Å². The van der Waals surface area contributed by atoms with Crippen LogP contribution in [0.3, 0.4) is 0 Å². The van der Waals surface area contributed by atoms with Gasteiger partial charge in [-0.3, -0.25) is 15.2 Å². The van der Waals surface area contributed by atoms with Gasteiger partial charge in [0.2, 0.25) is 5.91 Å². The Morgan fingerprint density at radius 2 is 2.09 bits per heavy atom. The van der Waals surface area contributed by atoms with Gasteiger partial charge >= 0.3 is 0 Å². The van der Waals surface area contributed by atoms with Crippen molar-refractivity contribution in [2.24, 2.45) is 16.0 Å². The SMILES string of the molecule is Cc1ccc(N(C)C(=O)CCCC2=NNC3N=CC=CC23)cc1. The molecule has 5 heteroatoms. The number of anilines is 1. The van der Waals surface area contributed by atoms with Gasteiger partial charge in [0, 0.05) is 31.1 Å². The predicted octanol–water partition coefficient (Wildman–Crippen LogP) is 2.67. The molecule has 0 radical (unpaired) electrons. The van der Waals surface area contributed by atoms with E-state index in [-0.39, 0.29) is 18.0 Å². The molecule has 2 heterocycles. The van der Waals surface area contributed by atoms with E-state index >= 15 is 0 Å². The third-order valence-corrected chi connectivity index (χ3v) is 4.34. The van der Waals surface area contributed by atoms with Crippen LogP contribution in [0.1, 0.15) is 24.8 Å². The van der Waals surface area contributed by atoms with Crippen molar-refractivity contribution in [3.63, 3.8) is 0 Å². The Morgan fingerprint density at radius 3 is 2.87 bits per heavy atom. The maximum absolute atomic E-state index is 12.3. The summed E-state index contributed by atoms with van der Waals surface area (Å²) in [6.45, 7) is 2.04. The molecule has 23 heavy (non-hydrogen) atoms. The summed E-state index contributed by atoms with van der Waals surface area (Å²) >= 11 is 0. The number of aryl methyl sites for hydroxylation is 1. The average molecular weight is 310 g/mol. The van der Waals surface area contributed by atoms with Crippen molar-refractivity contribution < 1.29 is 4.79 Å². The van der Waals surface area contributed by atoms with Crippen LogP contribution in [-0.2, 0) is 4.79 Å². The van der Waals surface area contributed by atoms with Gasteiger partial charge in [-0.05, 0) is 38.0 Å². The van der Waals surface area contributed by atoms with Gasteiger partial charge in [0.1, 0.15) is 6.17 Å². The van der Waals surface area contributed by atoms with Crippen molar-refractivity contribution >= 4 is 23.5 Å². The number of hydrogen-bond donors (Lipinski definition) is 1. The summed E-state index contributed by atoms with van der Waals surface area (Å²) in [4.78, 5) is 18.4. The van der Waals surface area contributed by atoms with Crippen LogP contribution >= 0.6 is 0 Å². The number of carbonyl (C=O) groups excluding carboxylic acids is 1. The second-order valence-corrected chi connectivity index (χ2v) is 6.03. The van der Waals surface area contributed by atoms with Crippen molar-refractivity contribution in [3.8, 4) is 0 Å². The molecule has 2 aliphatic heterocycles. The van der Waals surface area contributed by atoms with E-state index in [1.807, 2.05) is 44.3 Å². The molecule has 120 valence electrons. The zero-order chi connectivity index (χ0) is 16.2. The van der Waals surface area contributed by atoms with Gasteiger partial charge in [0.15, 0.2) is 0 Å². The van der Waals surface area contributed by atoms with Crippen molar-refractivity contribution in [2.75, 3.05) is 11.9 Å². The van der Waals surface area contributed by atoms with E-state index in [4.69, 9.17) is 0 Å². The molecule has 0 spiro atoms. The van der Waals surface area contributed by atoms with Gasteiger partial charge in [-0.2, -0.15) is 5.10 Å². The lowest BCUT2D eigenvalue weighted by molar-refractivity contribution is -0.118. The molecule has 1 N–H and O–H groups in total. The van der Waals surface area contributed by atoms with Crippen LogP contribution in [0.5, 0.6) is 0 Å². The second kappa shape index (κ2) is 6.77. The Kier molecular flexibility index (Phi) is 4.55. The van der Waals surface area contributed by atoms with Crippen molar-refractivity contribution in [3.05, 3.63) is 42.0 Å². The maximum atomic E-state index is 12.3. The minimum Gasteiger partial charge on any atom is -0.316 e. The zero-order valence-corrected chi connectivity index (χ0v) is 13.6. The molecule has 0 fully saturated rings. The molecule has 2 aliphatic rings. The lowest BCUT2D eigenvalue weighted by atomic mass is 9.95. The summed E-state index contributed by atoms with van der Waals surface area (Å²) in [6, 6.07) is 8.00. The second-order valence-electron chi connectivity index (χ2n) is 6.03. The number of aliphatic imine (C=N–C) groups is 1. The number of amides is 1. The summed E-state index contributed by atoms with van der Waals surface area (Å²) in [6.07, 6.45) is 8.07. The molecule has 2 unspecified atom stereocenters. The van der Waals surface area contributed by atoms with Crippen LogP contribution in [0.2, 0.25) is 0 Å². The molecule has 0 saturated heterocycles. The molecule has 2 atom stereocenters. The molecular weight excluding hydrogens is 288 g/mol. The minimum atomic E-state index is 0.0425. The topological polar surface area (TPSA) is 57.1 Å². The highest BCUT2D eigenvalue weighted by atomic mass is 16.2. The fraction of sp³-hybridized carbons (Fsp3) is 0.389. The number of fused-ring (bicyclic) bond motifs is 1. The van der Waals surface area contributed by atoms with Crippen molar-refractivity contribution in [1.29, 1.82) is 0 Å². The van der Waals surface area contributed by atoms with Crippen LogP contribution in [0.25, 0.3) is 0 Å². The molecule has 5 nitrogen and oxygen atoms in total. The number of benzene rings is 1. The summed E-state index contributed by atoms with van der Waals surface area (Å²) in [7, 11) is 1.83. The van der Waals surface area contributed by atoms with Crippen LogP contribution in [0.4, 0.5) is 5.69 Å². The number of hydrazone groups is 1. The van der Waals surface area contributed by atoms with Gasteiger partial charge in [-0.1, -0.05) is 23.8 Å². The van der Waals surface area contributed by atoms with Gasteiger partial charge < -0.3 is 4.90 Å². The minimum absolute atomic E-state index is 0.0425. The molecule has 0 aliphatic carbocycles. The molecule has 0 bridgehead atoms. The highest BCUT2D eigenvalue weighted by Gasteiger charge is 2.29. The first-order valence-corrected chi connectivity index (χ1v) is 8.00. The first kappa shape index (κ1) is 15.5. The number of nitrogens with one attached hydrogen (secondary N) is 1. The number of rotatable bonds is 5. The van der Waals surface area contributed by atoms with Crippen LogP contribution in [0.15, 0.2) is 46.5 Å². The quantitative estimate of drug-likeness (QED) is 0.909. The monoisotopic (exact) mass is 310 g/mol. The van der Waals surface area contributed by atoms with Crippen molar-refractivity contribution in [2.45, 2.75) is 32.4 Å². The summed E-state index contributed by atoms with van der Waals surface area (Å²) in [5, 5.41) is 4.37. The number of nitrogens with zero attached hydrogens (tertiary/aromatic N) is 3. The van der Waals surface area contributed by atoms with Gasteiger partial charge in [-0.25, -0.2) is 0 Å². The molecule has 1 aromatic rings.